The van der Waals surface area contributed by atoms with E-state index in [4.69, 9.17) is 0 Å². The molecule has 1 heterocycles. The van der Waals surface area contributed by atoms with Crippen molar-refractivity contribution in [2.24, 2.45) is 4.99 Å². The third-order valence-electron chi connectivity index (χ3n) is 5.39. The van der Waals surface area contributed by atoms with E-state index in [1.165, 1.54) is 11.0 Å². The van der Waals surface area contributed by atoms with Crippen LogP contribution in [0.25, 0.3) is 0 Å². The number of aryl methyl sites for hydroxylation is 1. The average Bonchev–Trinajstić information content (AvgIpc) is 2.90. The van der Waals surface area contributed by atoms with Crippen LogP contribution in [0.2, 0.25) is 0 Å². The second-order valence-electron chi connectivity index (χ2n) is 7.38. The first-order chi connectivity index (χ1) is 15.5. The van der Waals surface area contributed by atoms with Gasteiger partial charge in [0, 0.05) is 23.9 Å². The SMILES string of the molecule is CCc1ccccc1NC(=O)NC1N=C(c2ccccc2F)c2ccccc2N(C)C1=O. The number of nitrogens with one attached hydrogen (secondary N) is 2. The second-order valence-corrected chi connectivity index (χ2v) is 7.38. The van der Waals surface area contributed by atoms with Crippen molar-refractivity contribution in [3.05, 3.63) is 95.3 Å². The molecule has 1 atom stereocenters. The molecule has 1 aliphatic heterocycles. The van der Waals surface area contributed by atoms with Crippen molar-refractivity contribution < 1.29 is 14.0 Å². The van der Waals surface area contributed by atoms with Crippen LogP contribution in [0.15, 0.2) is 77.8 Å². The van der Waals surface area contributed by atoms with Gasteiger partial charge in [-0.2, -0.15) is 0 Å². The van der Waals surface area contributed by atoms with Crippen LogP contribution >= 0.6 is 0 Å². The summed E-state index contributed by atoms with van der Waals surface area (Å²) in [6, 6.07) is 20.3. The maximum Gasteiger partial charge on any atom is 0.321 e. The maximum atomic E-state index is 14.7. The van der Waals surface area contributed by atoms with E-state index in [-0.39, 0.29) is 5.56 Å². The molecule has 7 heteroatoms. The van der Waals surface area contributed by atoms with E-state index in [9.17, 15) is 14.0 Å². The summed E-state index contributed by atoms with van der Waals surface area (Å²) in [6.45, 7) is 1.99. The fourth-order valence-electron chi connectivity index (χ4n) is 3.72. The molecule has 0 saturated heterocycles. The number of urea groups is 1. The number of halogens is 1. The molecule has 3 amide bonds. The summed E-state index contributed by atoms with van der Waals surface area (Å²) in [5.41, 5.74) is 3.37. The Hall–Kier alpha value is -4.00. The van der Waals surface area contributed by atoms with Crippen molar-refractivity contribution in [3.63, 3.8) is 0 Å². The summed E-state index contributed by atoms with van der Waals surface area (Å²) in [5, 5.41) is 5.43. The zero-order valence-corrected chi connectivity index (χ0v) is 17.8. The standard InChI is InChI=1S/C25H23FN4O2/c1-3-16-10-4-8-14-20(16)27-25(32)29-23-24(31)30(2)21-15-9-6-12-18(21)22(28-23)17-11-5-7-13-19(17)26/h4-15,23H,3H2,1-2H3,(H2,27,29,32). The van der Waals surface area contributed by atoms with Crippen molar-refractivity contribution in [1.29, 1.82) is 0 Å². The number of para-hydroxylation sites is 2. The molecule has 0 radical (unpaired) electrons. The van der Waals surface area contributed by atoms with Crippen molar-refractivity contribution in [2.45, 2.75) is 19.5 Å². The van der Waals surface area contributed by atoms with Crippen LogP contribution in [-0.2, 0) is 11.2 Å². The number of benzene rings is 3. The molecule has 0 saturated carbocycles. The molecule has 1 unspecified atom stereocenters. The van der Waals surface area contributed by atoms with Gasteiger partial charge in [0.05, 0.1) is 11.4 Å². The van der Waals surface area contributed by atoms with Gasteiger partial charge in [-0.25, -0.2) is 14.2 Å². The normalized spacial score (nSPS) is 15.5. The first-order valence-electron chi connectivity index (χ1n) is 10.3. The van der Waals surface area contributed by atoms with Crippen LogP contribution < -0.4 is 15.5 Å². The highest BCUT2D eigenvalue weighted by Gasteiger charge is 2.31. The lowest BCUT2D eigenvalue weighted by atomic mass is 10.00. The monoisotopic (exact) mass is 430 g/mol. The molecule has 3 aromatic rings. The van der Waals surface area contributed by atoms with E-state index in [0.717, 1.165) is 12.0 Å². The lowest BCUT2D eigenvalue weighted by Gasteiger charge is -2.21. The molecule has 4 rings (SSSR count). The zero-order chi connectivity index (χ0) is 22.7. The van der Waals surface area contributed by atoms with Gasteiger partial charge in [0.1, 0.15) is 5.82 Å². The maximum absolute atomic E-state index is 14.7. The number of hydrogen-bond donors (Lipinski definition) is 2. The Kier molecular flexibility index (Phi) is 5.98. The topological polar surface area (TPSA) is 73.8 Å². The summed E-state index contributed by atoms with van der Waals surface area (Å²) >= 11 is 0. The largest absolute Gasteiger partial charge is 0.321 e. The van der Waals surface area contributed by atoms with Gasteiger partial charge in [0.15, 0.2) is 0 Å². The first-order valence-corrected chi connectivity index (χ1v) is 10.3. The third-order valence-corrected chi connectivity index (χ3v) is 5.39. The van der Waals surface area contributed by atoms with Gasteiger partial charge in [-0.05, 0) is 36.2 Å². The predicted molar refractivity (Wildman–Crippen MR) is 124 cm³/mol. The van der Waals surface area contributed by atoms with E-state index in [0.29, 0.717) is 22.6 Å². The van der Waals surface area contributed by atoms with Crippen LogP contribution in [0.4, 0.5) is 20.6 Å². The molecule has 0 bridgehead atoms. The summed E-state index contributed by atoms with van der Waals surface area (Å²) in [7, 11) is 1.61. The number of amides is 3. The van der Waals surface area contributed by atoms with Gasteiger partial charge in [-0.15, -0.1) is 0 Å². The van der Waals surface area contributed by atoms with Crippen LogP contribution in [0.3, 0.4) is 0 Å². The molecule has 1 aliphatic rings. The van der Waals surface area contributed by atoms with Crippen LogP contribution in [-0.4, -0.2) is 30.9 Å². The lowest BCUT2D eigenvalue weighted by Crippen LogP contribution is -2.47. The fraction of sp³-hybridized carbons (Fsp3) is 0.160. The Morgan fingerprint density at radius 2 is 1.66 bits per heavy atom. The number of carbonyl (C=O) groups is 2. The molecule has 3 aromatic carbocycles. The number of rotatable bonds is 4. The highest BCUT2D eigenvalue weighted by Crippen LogP contribution is 2.28. The number of aliphatic imine (C=N–C) groups is 1. The molecule has 0 aromatic heterocycles. The van der Waals surface area contributed by atoms with Crippen molar-refractivity contribution >= 4 is 29.0 Å². The highest BCUT2D eigenvalue weighted by atomic mass is 19.1. The van der Waals surface area contributed by atoms with Crippen LogP contribution in [0.5, 0.6) is 0 Å². The van der Waals surface area contributed by atoms with Gasteiger partial charge >= 0.3 is 6.03 Å². The third kappa shape index (κ3) is 4.09. The van der Waals surface area contributed by atoms with E-state index >= 15 is 0 Å². The Bertz CT molecular complexity index is 1210. The van der Waals surface area contributed by atoms with Gasteiger partial charge in [-0.3, -0.25) is 4.79 Å². The number of anilines is 2. The molecular weight excluding hydrogens is 407 g/mol. The summed E-state index contributed by atoms with van der Waals surface area (Å²) in [5.74, 6) is -0.888. The number of nitrogens with zero attached hydrogens (tertiary/aromatic N) is 2. The minimum atomic E-state index is -1.23. The van der Waals surface area contributed by atoms with Crippen LogP contribution in [0.1, 0.15) is 23.6 Å². The molecule has 32 heavy (non-hydrogen) atoms. The fourth-order valence-corrected chi connectivity index (χ4v) is 3.72. The average molecular weight is 430 g/mol. The van der Waals surface area contributed by atoms with E-state index in [1.54, 1.807) is 55.6 Å². The Labute approximate surface area is 185 Å². The van der Waals surface area contributed by atoms with Crippen molar-refractivity contribution in [3.8, 4) is 0 Å². The number of fused-ring (bicyclic) bond motifs is 1. The highest BCUT2D eigenvalue weighted by molar-refractivity contribution is 6.20. The molecule has 2 N–H and O–H groups in total. The second kappa shape index (κ2) is 9.01. The minimum absolute atomic E-state index is 0.256. The zero-order valence-electron chi connectivity index (χ0n) is 17.8. The summed E-state index contributed by atoms with van der Waals surface area (Å²) in [4.78, 5) is 31.9. The number of likely N-dealkylation sites (N-methyl/N-ethyl adjacent to an activating group) is 1. The Morgan fingerprint density at radius 3 is 2.41 bits per heavy atom. The lowest BCUT2D eigenvalue weighted by molar-refractivity contribution is -0.119. The Morgan fingerprint density at radius 1 is 1.00 bits per heavy atom. The molecule has 0 spiro atoms. The van der Waals surface area contributed by atoms with Gasteiger partial charge in [0.2, 0.25) is 6.17 Å². The molecule has 0 aliphatic carbocycles. The molecular formula is C25H23FN4O2. The smallest absolute Gasteiger partial charge is 0.311 e. The number of carbonyl (C=O) groups excluding carboxylic acids is 2. The summed E-state index contributed by atoms with van der Waals surface area (Å²) < 4.78 is 14.7. The quantitative estimate of drug-likeness (QED) is 0.646. The molecule has 0 fully saturated rings. The number of hydrogen-bond acceptors (Lipinski definition) is 3. The van der Waals surface area contributed by atoms with Crippen molar-refractivity contribution in [2.75, 3.05) is 17.3 Å². The first kappa shape index (κ1) is 21.2. The van der Waals surface area contributed by atoms with E-state index in [2.05, 4.69) is 15.6 Å². The number of benzodiazepines with no additional fused rings is 1. The van der Waals surface area contributed by atoms with E-state index < -0.39 is 23.9 Å². The van der Waals surface area contributed by atoms with Crippen LogP contribution in [0, 0.1) is 5.82 Å². The van der Waals surface area contributed by atoms with Gasteiger partial charge in [-0.1, -0.05) is 55.5 Å². The summed E-state index contributed by atoms with van der Waals surface area (Å²) in [6.07, 6.45) is -0.484. The minimum Gasteiger partial charge on any atom is -0.311 e. The predicted octanol–water partition coefficient (Wildman–Crippen LogP) is 4.35. The van der Waals surface area contributed by atoms with Crippen molar-refractivity contribution in [1.82, 2.24) is 5.32 Å². The van der Waals surface area contributed by atoms with Gasteiger partial charge in [0.25, 0.3) is 5.91 Å². The van der Waals surface area contributed by atoms with Gasteiger partial charge < -0.3 is 15.5 Å². The molecule has 6 nitrogen and oxygen atoms in total. The molecule has 162 valence electrons. The Balaban J connectivity index is 1.72. The van der Waals surface area contributed by atoms with E-state index in [1.807, 2.05) is 25.1 Å².